The second-order valence-corrected chi connectivity index (χ2v) is 10.3. The molecule has 7 nitrogen and oxygen atoms in total. The Morgan fingerprint density at radius 3 is 2.69 bits per heavy atom. The summed E-state index contributed by atoms with van der Waals surface area (Å²) in [6, 6.07) is 9.26. The SMILES string of the molecule is Cc1c(O[C@@H](C)C(=O)N2C[C@@H]3C[C@H](C2)c2cccc(=O)n2C3)ccc2c3c(c(=O)oc12)CCCC3. The van der Waals surface area contributed by atoms with Gasteiger partial charge in [-0.25, -0.2) is 4.79 Å². The van der Waals surface area contributed by atoms with Gasteiger partial charge in [-0.1, -0.05) is 6.07 Å². The Morgan fingerprint density at radius 1 is 1.06 bits per heavy atom. The van der Waals surface area contributed by atoms with Crippen molar-refractivity contribution in [2.75, 3.05) is 13.1 Å². The Labute approximate surface area is 203 Å². The average molecular weight is 475 g/mol. The van der Waals surface area contributed by atoms with Crippen molar-refractivity contribution in [3.63, 3.8) is 0 Å². The minimum absolute atomic E-state index is 0.0355. The first-order valence-electron chi connectivity index (χ1n) is 12.6. The molecule has 0 N–H and O–H groups in total. The molecule has 4 heterocycles. The van der Waals surface area contributed by atoms with Gasteiger partial charge in [0.25, 0.3) is 11.5 Å². The van der Waals surface area contributed by atoms with E-state index in [1.165, 1.54) is 0 Å². The molecule has 6 rings (SSSR count). The minimum atomic E-state index is -0.674. The van der Waals surface area contributed by atoms with Gasteiger partial charge in [-0.05, 0) is 75.6 Å². The quantitative estimate of drug-likeness (QED) is 0.542. The summed E-state index contributed by atoms with van der Waals surface area (Å²) < 4.78 is 13.7. The molecule has 0 radical (unpaired) electrons. The largest absolute Gasteiger partial charge is 0.480 e. The number of carbonyl (C=O) groups is 1. The van der Waals surface area contributed by atoms with Gasteiger partial charge >= 0.3 is 5.63 Å². The molecule has 1 aliphatic carbocycles. The van der Waals surface area contributed by atoms with E-state index in [-0.39, 0.29) is 28.9 Å². The van der Waals surface area contributed by atoms with Gasteiger partial charge in [-0.2, -0.15) is 0 Å². The van der Waals surface area contributed by atoms with Crippen LogP contribution in [0.15, 0.2) is 44.3 Å². The lowest BCUT2D eigenvalue weighted by atomic mass is 9.83. The molecular weight excluding hydrogens is 444 g/mol. The van der Waals surface area contributed by atoms with Crippen molar-refractivity contribution in [1.29, 1.82) is 0 Å². The number of benzene rings is 1. The molecule has 1 saturated heterocycles. The molecule has 2 aromatic heterocycles. The monoisotopic (exact) mass is 474 g/mol. The van der Waals surface area contributed by atoms with Crippen molar-refractivity contribution in [2.45, 2.75) is 64.5 Å². The van der Waals surface area contributed by atoms with Gasteiger partial charge in [-0.15, -0.1) is 0 Å². The van der Waals surface area contributed by atoms with Crippen LogP contribution in [0.4, 0.5) is 0 Å². The van der Waals surface area contributed by atoms with E-state index in [0.717, 1.165) is 59.9 Å². The number of piperidine rings is 1. The Morgan fingerprint density at radius 2 is 1.86 bits per heavy atom. The molecule has 35 heavy (non-hydrogen) atoms. The van der Waals surface area contributed by atoms with Gasteiger partial charge in [0.1, 0.15) is 11.3 Å². The maximum absolute atomic E-state index is 13.4. The summed E-state index contributed by atoms with van der Waals surface area (Å²) >= 11 is 0. The number of fused-ring (bicyclic) bond motifs is 7. The number of aromatic nitrogens is 1. The first-order chi connectivity index (χ1) is 16.9. The summed E-state index contributed by atoms with van der Waals surface area (Å²) in [5, 5.41) is 0.973. The number of hydrogen-bond donors (Lipinski definition) is 0. The number of likely N-dealkylation sites (tertiary alicyclic amines) is 1. The van der Waals surface area contributed by atoms with Crippen LogP contribution in [-0.4, -0.2) is 34.6 Å². The lowest BCUT2D eigenvalue weighted by Gasteiger charge is -2.43. The molecule has 3 atom stereocenters. The number of nitrogens with zero attached hydrogens (tertiary/aromatic N) is 2. The standard InChI is InChI=1S/C28H30N2O5/c1-16-24(11-10-21-20-6-3-4-7-22(20)28(33)35-26(16)21)34-17(2)27(32)29-13-18-12-19(15-29)23-8-5-9-25(31)30(23)14-18/h5,8-11,17-19H,3-4,6-7,12-15H2,1-2H3/t17-,18-,19+/m0/s1. The second kappa shape index (κ2) is 8.40. The number of pyridine rings is 1. The van der Waals surface area contributed by atoms with E-state index in [2.05, 4.69) is 0 Å². The number of rotatable bonds is 3. The highest BCUT2D eigenvalue weighted by atomic mass is 16.5. The normalized spacial score (nSPS) is 21.8. The first-order valence-corrected chi connectivity index (χ1v) is 12.6. The van der Waals surface area contributed by atoms with E-state index in [4.69, 9.17) is 9.15 Å². The van der Waals surface area contributed by atoms with Gasteiger partial charge in [0.2, 0.25) is 0 Å². The molecule has 1 aromatic carbocycles. The number of ether oxygens (including phenoxy) is 1. The third kappa shape index (κ3) is 3.68. The Kier molecular flexibility index (Phi) is 5.31. The molecule has 3 aromatic rings. The van der Waals surface area contributed by atoms with Crippen molar-refractivity contribution in [1.82, 2.24) is 9.47 Å². The molecule has 1 amide bonds. The van der Waals surface area contributed by atoms with E-state index in [9.17, 15) is 14.4 Å². The summed E-state index contributed by atoms with van der Waals surface area (Å²) in [7, 11) is 0. The van der Waals surface area contributed by atoms with Crippen LogP contribution < -0.4 is 15.9 Å². The molecule has 0 saturated carbocycles. The van der Waals surface area contributed by atoms with Crippen LogP contribution in [-0.2, 0) is 24.2 Å². The van der Waals surface area contributed by atoms with Crippen molar-refractivity contribution < 1.29 is 13.9 Å². The summed E-state index contributed by atoms with van der Waals surface area (Å²) in [5.41, 5.74) is 4.01. The smallest absolute Gasteiger partial charge is 0.339 e. The summed E-state index contributed by atoms with van der Waals surface area (Å²) in [4.78, 5) is 40.2. The van der Waals surface area contributed by atoms with Crippen LogP contribution in [0.5, 0.6) is 5.75 Å². The van der Waals surface area contributed by atoms with Crippen molar-refractivity contribution in [3.8, 4) is 5.75 Å². The highest BCUT2D eigenvalue weighted by molar-refractivity contribution is 5.86. The maximum atomic E-state index is 13.4. The fourth-order valence-corrected chi connectivity index (χ4v) is 6.33. The van der Waals surface area contributed by atoms with Crippen LogP contribution in [0.25, 0.3) is 11.0 Å². The molecule has 3 aliphatic rings. The van der Waals surface area contributed by atoms with Gasteiger partial charge in [0.05, 0.1) is 0 Å². The maximum Gasteiger partial charge on any atom is 0.339 e. The Bertz CT molecular complexity index is 1450. The number of hydrogen-bond acceptors (Lipinski definition) is 5. The molecular formula is C28H30N2O5. The van der Waals surface area contributed by atoms with Gasteiger partial charge in [0.15, 0.2) is 6.10 Å². The van der Waals surface area contributed by atoms with E-state index in [0.29, 0.717) is 31.0 Å². The summed E-state index contributed by atoms with van der Waals surface area (Å²) in [6.45, 7) is 5.52. The van der Waals surface area contributed by atoms with Crippen LogP contribution in [0.1, 0.15) is 54.5 Å². The van der Waals surface area contributed by atoms with Gasteiger partial charge < -0.3 is 18.6 Å². The molecule has 0 unspecified atom stereocenters. The predicted molar refractivity (Wildman–Crippen MR) is 132 cm³/mol. The Hall–Kier alpha value is -3.35. The second-order valence-electron chi connectivity index (χ2n) is 10.3. The van der Waals surface area contributed by atoms with Crippen molar-refractivity contribution in [3.05, 3.63) is 73.5 Å². The number of carbonyl (C=O) groups excluding carboxylic acids is 1. The lowest BCUT2D eigenvalue weighted by Crippen LogP contribution is -2.52. The number of aryl methyl sites for hydroxylation is 2. The summed E-state index contributed by atoms with van der Waals surface area (Å²) in [5.74, 6) is 0.931. The zero-order valence-electron chi connectivity index (χ0n) is 20.2. The van der Waals surface area contributed by atoms with Gasteiger partial charge in [0, 0.05) is 53.8 Å². The van der Waals surface area contributed by atoms with Crippen LogP contribution in [0.2, 0.25) is 0 Å². The van der Waals surface area contributed by atoms with E-state index in [1.807, 2.05) is 34.6 Å². The van der Waals surface area contributed by atoms with E-state index < -0.39 is 6.10 Å². The molecule has 2 aliphatic heterocycles. The van der Waals surface area contributed by atoms with Gasteiger partial charge in [-0.3, -0.25) is 9.59 Å². The average Bonchev–Trinajstić information content (AvgIpc) is 2.86. The topological polar surface area (TPSA) is 81.8 Å². The predicted octanol–water partition coefficient (Wildman–Crippen LogP) is 3.56. The van der Waals surface area contributed by atoms with E-state index in [1.54, 1.807) is 19.1 Å². The zero-order chi connectivity index (χ0) is 24.3. The third-order valence-corrected chi connectivity index (χ3v) is 8.03. The van der Waals surface area contributed by atoms with E-state index >= 15 is 0 Å². The lowest BCUT2D eigenvalue weighted by molar-refractivity contribution is -0.140. The highest BCUT2D eigenvalue weighted by Crippen LogP contribution is 2.36. The fraction of sp³-hybridized carbons (Fsp3) is 0.464. The summed E-state index contributed by atoms with van der Waals surface area (Å²) in [6.07, 6.45) is 4.07. The van der Waals surface area contributed by atoms with Crippen LogP contribution in [0.3, 0.4) is 0 Å². The fourth-order valence-electron chi connectivity index (χ4n) is 6.33. The Balaban J connectivity index is 1.24. The van der Waals surface area contributed by atoms with Crippen LogP contribution >= 0.6 is 0 Å². The third-order valence-electron chi connectivity index (χ3n) is 8.03. The van der Waals surface area contributed by atoms with Crippen molar-refractivity contribution >= 4 is 16.9 Å². The number of amides is 1. The minimum Gasteiger partial charge on any atom is -0.480 e. The first kappa shape index (κ1) is 22.1. The molecule has 1 fully saturated rings. The molecule has 0 spiro atoms. The zero-order valence-corrected chi connectivity index (χ0v) is 20.2. The van der Waals surface area contributed by atoms with Crippen molar-refractivity contribution in [2.24, 2.45) is 5.92 Å². The van der Waals surface area contributed by atoms with Crippen LogP contribution in [0, 0.1) is 12.8 Å². The molecule has 2 bridgehead atoms. The molecule has 182 valence electrons. The highest BCUT2D eigenvalue weighted by Gasteiger charge is 2.37. The molecule has 7 heteroatoms.